The molecule has 1 aliphatic carbocycles. The van der Waals surface area contributed by atoms with Crippen LogP contribution in [0.1, 0.15) is 79.5 Å². The van der Waals surface area contributed by atoms with Crippen LogP contribution in [-0.2, 0) is 20.7 Å². The molecule has 3 aromatic rings. The normalized spacial score (nSPS) is 14.3. The largest absolute Gasteiger partial charge is 0.493 e. The van der Waals surface area contributed by atoms with Crippen LogP contribution in [0.3, 0.4) is 0 Å². The van der Waals surface area contributed by atoms with Gasteiger partial charge in [-0.25, -0.2) is 9.78 Å². The Bertz CT molecular complexity index is 1740. The van der Waals surface area contributed by atoms with Gasteiger partial charge in [-0.05, 0) is 59.6 Å². The molecule has 0 aliphatic heterocycles. The van der Waals surface area contributed by atoms with Crippen molar-refractivity contribution in [1.82, 2.24) is 10.3 Å². The van der Waals surface area contributed by atoms with Crippen molar-refractivity contribution in [2.24, 2.45) is 5.92 Å². The van der Waals surface area contributed by atoms with E-state index in [9.17, 15) is 19.2 Å². The van der Waals surface area contributed by atoms with E-state index >= 15 is 0 Å². The molecule has 2 atom stereocenters. The third-order valence-electron chi connectivity index (χ3n) is 7.96. The van der Waals surface area contributed by atoms with Gasteiger partial charge in [0.1, 0.15) is 6.04 Å². The zero-order chi connectivity index (χ0) is 34.6. The number of ether oxygens (including phenoxy) is 4. The summed E-state index contributed by atoms with van der Waals surface area (Å²) in [4.78, 5) is 57.1. The van der Waals surface area contributed by atoms with Crippen LogP contribution in [0.25, 0.3) is 11.1 Å². The molecule has 0 unspecified atom stereocenters. The molecule has 3 N–H and O–H groups in total. The minimum atomic E-state index is -0.838. The average molecular weight is 667 g/mol. The molecule has 12 nitrogen and oxygen atoms in total. The highest BCUT2D eigenvalue weighted by Gasteiger charge is 2.31. The summed E-state index contributed by atoms with van der Waals surface area (Å²) in [6.45, 7) is 9.00. The van der Waals surface area contributed by atoms with Gasteiger partial charge in [-0.2, -0.15) is 0 Å². The number of aryl methyl sites for hydroxylation is 1. The summed E-state index contributed by atoms with van der Waals surface area (Å²) in [5, 5.41) is 9.22. The molecule has 1 heterocycles. The highest BCUT2D eigenvalue weighted by Crippen LogP contribution is 2.50. The number of fused-ring (bicyclic) bond motifs is 3. The molecule has 4 rings (SSSR count). The first-order valence-corrected chi connectivity index (χ1v) is 16.1. The predicted octanol–water partition coefficient (Wildman–Crippen LogP) is 5.30. The van der Waals surface area contributed by atoms with Crippen molar-refractivity contribution in [3.05, 3.63) is 56.2 Å². The van der Waals surface area contributed by atoms with Crippen molar-refractivity contribution >= 4 is 39.9 Å². The first-order chi connectivity index (χ1) is 22.3. The lowest BCUT2D eigenvalue weighted by Gasteiger charge is -2.21. The standard InChI is InChI=1S/C34H42N4O8S/c1-16(2)27(32(41)38-34-37-28(33(42)46-9)31(47-34)17(3)4)36-23-13-11-20-21(15-24(23)40)22(35-18(5)39)12-10-19-14-25(43-6)29(44-7)30(45-8)26(19)20/h11,13-17,22,27H,10,12H2,1-9H3,(H,35,39)(H,36,40)(H,37,38,41)/t22-,27+/m1/s1. The summed E-state index contributed by atoms with van der Waals surface area (Å²) >= 11 is 1.20. The molecule has 0 saturated carbocycles. The Balaban J connectivity index is 1.80. The average Bonchev–Trinajstić information content (AvgIpc) is 3.32. The molecule has 13 heteroatoms. The molecule has 47 heavy (non-hydrogen) atoms. The fraction of sp³-hybridized carbons (Fsp3) is 0.441. The number of methoxy groups -OCH3 is 4. The van der Waals surface area contributed by atoms with Gasteiger partial charge in [0.15, 0.2) is 22.3 Å². The molecule has 2 amide bonds. The molecule has 1 aliphatic rings. The Hall–Kier alpha value is -4.65. The van der Waals surface area contributed by atoms with E-state index in [-0.39, 0.29) is 39.7 Å². The maximum absolute atomic E-state index is 13.9. The maximum atomic E-state index is 13.9. The zero-order valence-electron chi connectivity index (χ0n) is 28.2. The Kier molecular flexibility index (Phi) is 11.1. The minimum absolute atomic E-state index is 0.0139. The fourth-order valence-corrected chi connectivity index (χ4v) is 6.69. The van der Waals surface area contributed by atoms with Crippen molar-refractivity contribution in [3.63, 3.8) is 0 Å². The number of nitrogens with zero attached hydrogens (tertiary/aromatic N) is 1. The van der Waals surface area contributed by atoms with Gasteiger partial charge in [0.25, 0.3) is 0 Å². The molecule has 252 valence electrons. The van der Waals surface area contributed by atoms with Crippen LogP contribution >= 0.6 is 11.3 Å². The van der Waals surface area contributed by atoms with E-state index in [1.165, 1.54) is 45.7 Å². The third kappa shape index (κ3) is 7.35. The smallest absolute Gasteiger partial charge is 0.357 e. The first-order valence-electron chi connectivity index (χ1n) is 15.3. The second-order valence-corrected chi connectivity index (χ2v) is 12.9. The van der Waals surface area contributed by atoms with Crippen LogP contribution in [-0.4, -0.2) is 57.2 Å². The number of anilines is 2. The SMILES string of the molecule is COC(=O)c1nc(NC(=O)[C@@H](Nc2ccc3c(cc2=O)[C@H](NC(C)=O)CCc2cc(OC)c(OC)c(OC)c2-3)C(C)C)sc1C(C)C. The number of aromatic nitrogens is 1. The predicted molar refractivity (Wildman–Crippen MR) is 181 cm³/mol. The lowest BCUT2D eigenvalue weighted by molar-refractivity contribution is -0.120. The summed E-state index contributed by atoms with van der Waals surface area (Å²) in [5.74, 6) is -0.154. The topological polar surface area (TPSA) is 154 Å². The lowest BCUT2D eigenvalue weighted by Crippen LogP contribution is -2.39. The molecule has 0 bridgehead atoms. The van der Waals surface area contributed by atoms with E-state index < -0.39 is 24.0 Å². The second kappa shape index (κ2) is 14.8. The molecule has 0 saturated heterocycles. The lowest BCUT2D eigenvalue weighted by atomic mass is 9.95. The van der Waals surface area contributed by atoms with E-state index in [0.717, 1.165) is 11.1 Å². The minimum Gasteiger partial charge on any atom is -0.493 e. The molecular weight excluding hydrogens is 624 g/mol. The Morgan fingerprint density at radius 1 is 0.979 bits per heavy atom. The first kappa shape index (κ1) is 35.2. The summed E-state index contributed by atoms with van der Waals surface area (Å²) in [6.07, 6.45) is 1.08. The number of esters is 1. The van der Waals surface area contributed by atoms with Gasteiger partial charge in [0, 0.05) is 17.4 Å². The molecule has 2 aromatic carbocycles. The van der Waals surface area contributed by atoms with Crippen LogP contribution in [0, 0.1) is 5.92 Å². The number of carbonyl (C=O) groups excluding carboxylic acids is 3. The number of thiazole rings is 1. The number of carbonyl (C=O) groups is 3. The number of benzene rings is 1. The monoisotopic (exact) mass is 666 g/mol. The number of hydrogen-bond donors (Lipinski definition) is 3. The van der Waals surface area contributed by atoms with Crippen LogP contribution in [0.4, 0.5) is 10.8 Å². The van der Waals surface area contributed by atoms with E-state index in [4.69, 9.17) is 18.9 Å². The number of nitrogens with one attached hydrogen (secondary N) is 3. The fourth-order valence-electron chi connectivity index (χ4n) is 5.73. The van der Waals surface area contributed by atoms with Gasteiger partial charge >= 0.3 is 5.97 Å². The van der Waals surface area contributed by atoms with Gasteiger partial charge in [-0.15, -0.1) is 11.3 Å². The summed E-state index contributed by atoms with van der Waals surface area (Å²) in [6, 6.07) is 5.50. The highest BCUT2D eigenvalue weighted by molar-refractivity contribution is 7.16. The van der Waals surface area contributed by atoms with Gasteiger partial charge in [0.05, 0.1) is 40.2 Å². The van der Waals surface area contributed by atoms with Gasteiger partial charge in [-0.1, -0.05) is 33.8 Å². The van der Waals surface area contributed by atoms with Crippen molar-refractivity contribution in [2.75, 3.05) is 39.1 Å². The molecular formula is C34H42N4O8S. The van der Waals surface area contributed by atoms with E-state index in [2.05, 4.69) is 20.9 Å². The Labute approximate surface area is 278 Å². The highest BCUT2D eigenvalue weighted by atomic mass is 32.1. The van der Waals surface area contributed by atoms with E-state index in [0.29, 0.717) is 46.1 Å². The Morgan fingerprint density at radius 2 is 1.68 bits per heavy atom. The second-order valence-electron chi connectivity index (χ2n) is 11.8. The van der Waals surface area contributed by atoms with Gasteiger partial charge in [0.2, 0.25) is 23.0 Å². The third-order valence-corrected chi connectivity index (χ3v) is 9.23. The molecule has 0 radical (unpaired) electrons. The van der Waals surface area contributed by atoms with Gasteiger partial charge < -0.3 is 34.9 Å². The molecule has 0 spiro atoms. The van der Waals surface area contributed by atoms with E-state index in [1.807, 2.05) is 33.8 Å². The van der Waals surface area contributed by atoms with Crippen molar-refractivity contribution in [2.45, 2.75) is 65.5 Å². The summed E-state index contributed by atoms with van der Waals surface area (Å²) < 4.78 is 22.0. The Morgan fingerprint density at radius 3 is 2.26 bits per heavy atom. The van der Waals surface area contributed by atoms with Crippen molar-refractivity contribution in [3.8, 4) is 28.4 Å². The number of rotatable bonds is 11. The number of hydrogen-bond acceptors (Lipinski definition) is 11. The van der Waals surface area contributed by atoms with Crippen molar-refractivity contribution < 1.29 is 33.3 Å². The van der Waals surface area contributed by atoms with Crippen LogP contribution < -0.4 is 35.6 Å². The van der Waals surface area contributed by atoms with Crippen LogP contribution in [0.15, 0.2) is 29.1 Å². The number of amides is 2. The van der Waals surface area contributed by atoms with Crippen LogP contribution in [0.2, 0.25) is 0 Å². The van der Waals surface area contributed by atoms with Gasteiger partial charge in [-0.3, -0.25) is 14.4 Å². The summed E-state index contributed by atoms with van der Waals surface area (Å²) in [5.41, 5.74) is 2.88. The van der Waals surface area contributed by atoms with Crippen LogP contribution in [0.5, 0.6) is 17.2 Å². The zero-order valence-corrected chi connectivity index (χ0v) is 29.0. The molecule has 0 fully saturated rings. The molecule has 1 aromatic heterocycles. The van der Waals surface area contributed by atoms with E-state index in [1.54, 1.807) is 19.2 Å². The summed E-state index contributed by atoms with van der Waals surface area (Å²) in [7, 11) is 5.89. The quantitative estimate of drug-likeness (QED) is 0.230. The van der Waals surface area contributed by atoms with Crippen molar-refractivity contribution in [1.29, 1.82) is 0 Å². The maximum Gasteiger partial charge on any atom is 0.357 e.